The molecule has 0 aliphatic heterocycles. The Bertz CT molecular complexity index is 258. The highest BCUT2D eigenvalue weighted by molar-refractivity contribution is 6.29. The first-order valence-corrected chi connectivity index (χ1v) is 4.20. The van der Waals surface area contributed by atoms with E-state index in [-0.39, 0.29) is 0 Å². The van der Waals surface area contributed by atoms with E-state index in [4.69, 9.17) is 11.6 Å². The van der Waals surface area contributed by atoms with Crippen LogP contribution in [0.25, 0.3) is 0 Å². The molecular weight excluding hydrogens is 160 g/mol. The molecule has 1 heterocycles. The van der Waals surface area contributed by atoms with Crippen LogP contribution in [0.3, 0.4) is 0 Å². The molecule has 58 valence electrons. The van der Waals surface area contributed by atoms with Crippen molar-refractivity contribution in [2.24, 2.45) is 5.92 Å². The molecule has 0 atom stereocenters. The lowest BCUT2D eigenvalue weighted by atomic mass is 10.3. The lowest BCUT2D eigenvalue weighted by Crippen LogP contribution is -1.95. The van der Waals surface area contributed by atoms with Gasteiger partial charge in [-0.3, -0.25) is 0 Å². The van der Waals surface area contributed by atoms with Crippen molar-refractivity contribution in [3.05, 3.63) is 23.2 Å². The molecule has 0 saturated heterocycles. The second-order valence-corrected chi connectivity index (χ2v) is 3.33. The normalized spacial score (nSPS) is 16.8. The van der Waals surface area contributed by atoms with Gasteiger partial charge in [0.1, 0.15) is 11.0 Å². The Hall–Kier alpha value is -0.630. The lowest BCUT2D eigenvalue weighted by molar-refractivity contribution is 0.769. The van der Waals surface area contributed by atoms with Crippen LogP contribution >= 0.6 is 11.6 Å². The highest BCUT2D eigenvalue weighted by Gasteiger charge is 2.22. The Morgan fingerprint density at radius 2 is 2.36 bits per heavy atom. The van der Waals surface area contributed by atoms with Gasteiger partial charge in [-0.05, 0) is 24.8 Å². The molecular formula is C8H9ClN2. The molecule has 1 aliphatic rings. The zero-order chi connectivity index (χ0) is 7.68. The van der Waals surface area contributed by atoms with Crippen LogP contribution in [-0.4, -0.2) is 9.97 Å². The molecule has 1 aromatic rings. The first kappa shape index (κ1) is 7.04. The first-order chi connectivity index (χ1) is 5.34. The second-order valence-electron chi connectivity index (χ2n) is 2.94. The summed E-state index contributed by atoms with van der Waals surface area (Å²) in [7, 11) is 0. The van der Waals surface area contributed by atoms with Gasteiger partial charge in [0.15, 0.2) is 0 Å². The summed E-state index contributed by atoms with van der Waals surface area (Å²) in [6, 6.07) is 1.71. The van der Waals surface area contributed by atoms with Crippen LogP contribution in [0.15, 0.2) is 12.3 Å². The van der Waals surface area contributed by atoms with Crippen LogP contribution in [-0.2, 0) is 6.42 Å². The molecule has 3 heteroatoms. The molecule has 0 amide bonds. The SMILES string of the molecule is Clc1ccnc(CC2CC2)n1. The van der Waals surface area contributed by atoms with E-state index in [2.05, 4.69) is 9.97 Å². The van der Waals surface area contributed by atoms with Gasteiger partial charge in [0, 0.05) is 12.6 Å². The summed E-state index contributed by atoms with van der Waals surface area (Å²) in [4.78, 5) is 8.23. The van der Waals surface area contributed by atoms with Crippen molar-refractivity contribution in [1.82, 2.24) is 9.97 Å². The van der Waals surface area contributed by atoms with Gasteiger partial charge < -0.3 is 0 Å². The fourth-order valence-electron chi connectivity index (χ4n) is 1.05. The Labute approximate surface area is 70.6 Å². The van der Waals surface area contributed by atoms with Crippen molar-refractivity contribution < 1.29 is 0 Å². The van der Waals surface area contributed by atoms with Gasteiger partial charge in [-0.1, -0.05) is 11.6 Å². The zero-order valence-corrected chi connectivity index (χ0v) is 6.88. The van der Waals surface area contributed by atoms with E-state index in [9.17, 15) is 0 Å². The minimum Gasteiger partial charge on any atom is -0.241 e. The Balaban J connectivity index is 2.10. The number of hydrogen-bond donors (Lipinski definition) is 0. The van der Waals surface area contributed by atoms with Crippen LogP contribution in [0, 0.1) is 5.92 Å². The van der Waals surface area contributed by atoms with Crippen molar-refractivity contribution in [3.8, 4) is 0 Å². The monoisotopic (exact) mass is 168 g/mol. The standard InChI is InChI=1S/C8H9ClN2/c9-7-3-4-10-8(11-7)5-6-1-2-6/h3-4,6H,1-2,5H2. The summed E-state index contributed by atoms with van der Waals surface area (Å²) in [5.74, 6) is 1.72. The zero-order valence-electron chi connectivity index (χ0n) is 6.13. The van der Waals surface area contributed by atoms with Gasteiger partial charge in [-0.25, -0.2) is 9.97 Å². The molecule has 1 aromatic heterocycles. The maximum atomic E-state index is 5.70. The van der Waals surface area contributed by atoms with Gasteiger partial charge in [0.05, 0.1) is 0 Å². The maximum Gasteiger partial charge on any atom is 0.132 e. The average Bonchev–Trinajstić information content (AvgIpc) is 2.71. The molecule has 2 rings (SSSR count). The predicted octanol–water partition coefficient (Wildman–Crippen LogP) is 2.08. The topological polar surface area (TPSA) is 25.8 Å². The molecule has 0 unspecified atom stereocenters. The fourth-order valence-corrected chi connectivity index (χ4v) is 1.21. The van der Waals surface area contributed by atoms with E-state index < -0.39 is 0 Å². The van der Waals surface area contributed by atoms with E-state index in [0.717, 1.165) is 18.2 Å². The molecule has 0 N–H and O–H groups in total. The average molecular weight is 169 g/mol. The quantitative estimate of drug-likeness (QED) is 0.632. The number of aromatic nitrogens is 2. The summed E-state index contributed by atoms with van der Waals surface area (Å²) in [5.41, 5.74) is 0. The van der Waals surface area contributed by atoms with E-state index in [0.29, 0.717) is 5.15 Å². The molecule has 1 aliphatic carbocycles. The Kier molecular flexibility index (Phi) is 1.78. The molecule has 11 heavy (non-hydrogen) atoms. The first-order valence-electron chi connectivity index (χ1n) is 3.82. The number of halogens is 1. The maximum absolute atomic E-state index is 5.70. The van der Waals surface area contributed by atoms with Gasteiger partial charge >= 0.3 is 0 Å². The minimum atomic E-state index is 0.552. The predicted molar refractivity (Wildman–Crippen MR) is 43.5 cm³/mol. The van der Waals surface area contributed by atoms with Gasteiger partial charge in [0.25, 0.3) is 0 Å². The van der Waals surface area contributed by atoms with Crippen molar-refractivity contribution in [2.45, 2.75) is 19.3 Å². The second kappa shape index (κ2) is 2.78. The fraction of sp³-hybridized carbons (Fsp3) is 0.500. The number of hydrogen-bond acceptors (Lipinski definition) is 2. The van der Waals surface area contributed by atoms with Crippen LogP contribution in [0.2, 0.25) is 5.15 Å². The third-order valence-electron chi connectivity index (χ3n) is 1.84. The Morgan fingerprint density at radius 1 is 1.55 bits per heavy atom. The van der Waals surface area contributed by atoms with Crippen LogP contribution in [0.5, 0.6) is 0 Å². The molecule has 0 spiro atoms. The van der Waals surface area contributed by atoms with Gasteiger partial charge in [-0.15, -0.1) is 0 Å². The van der Waals surface area contributed by atoms with E-state index >= 15 is 0 Å². The van der Waals surface area contributed by atoms with E-state index in [1.165, 1.54) is 12.8 Å². The van der Waals surface area contributed by atoms with Crippen molar-refractivity contribution in [1.29, 1.82) is 0 Å². The summed E-state index contributed by atoms with van der Waals surface area (Å²) >= 11 is 5.70. The van der Waals surface area contributed by atoms with Gasteiger partial charge in [0.2, 0.25) is 0 Å². The largest absolute Gasteiger partial charge is 0.241 e. The van der Waals surface area contributed by atoms with Crippen LogP contribution < -0.4 is 0 Å². The molecule has 0 aromatic carbocycles. The third kappa shape index (κ3) is 1.90. The lowest BCUT2D eigenvalue weighted by Gasteiger charge is -1.95. The van der Waals surface area contributed by atoms with Crippen molar-refractivity contribution in [3.63, 3.8) is 0 Å². The van der Waals surface area contributed by atoms with E-state index in [1.54, 1.807) is 12.3 Å². The smallest absolute Gasteiger partial charge is 0.132 e. The van der Waals surface area contributed by atoms with Crippen LogP contribution in [0.1, 0.15) is 18.7 Å². The summed E-state index contributed by atoms with van der Waals surface area (Å²) in [6.07, 6.45) is 5.37. The van der Waals surface area contributed by atoms with Crippen molar-refractivity contribution >= 4 is 11.6 Å². The van der Waals surface area contributed by atoms with Crippen molar-refractivity contribution in [2.75, 3.05) is 0 Å². The molecule has 0 bridgehead atoms. The molecule has 2 nitrogen and oxygen atoms in total. The summed E-state index contributed by atoms with van der Waals surface area (Å²) in [5, 5.41) is 0.552. The van der Waals surface area contributed by atoms with E-state index in [1.807, 2.05) is 0 Å². The summed E-state index contributed by atoms with van der Waals surface area (Å²) in [6.45, 7) is 0. The molecule has 0 radical (unpaired) electrons. The molecule has 1 saturated carbocycles. The highest BCUT2D eigenvalue weighted by Crippen LogP contribution is 2.31. The van der Waals surface area contributed by atoms with Crippen LogP contribution in [0.4, 0.5) is 0 Å². The summed E-state index contributed by atoms with van der Waals surface area (Å²) < 4.78 is 0. The number of rotatable bonds is 2. The minimum absolute atomic E-state index is 0.552. The highest BCUT2D eigenvalue weighted by atomic mass is 35.5. The Morgan fingerprint density at radius 3 is 3.00 bits per heavy atom. The molecule has 1 fully saturated rings. The van der Waals surface area contributed by atoms with Gasteiger partial charge in [-0.2, -0.15) is 0 Å². The third-order valence-corrected chi connectivity index (χ3v) is 2.05. The number of nitrogens with zero attached hydrogens (tertiary/aromatic N) is 2.